The van der Waals surface area contributed by atoms with Crippen LogP contribution in [-0.2, 0) is 9.53 Å². The summed E-state index contributed by atoms with van der Waals surface area (Å²) in [6.07, 6.45) is -0.955. The van der Waals surface area contributed by atoms with Gasteiger partial charge in [-0.3, -0.25) is 0 Å². The lowest BCUT2D eigenvalue weighted by Gasteiger charge is -2.11. The van der Waals surface area contributed by atoms with E-state index in [1.807, 2.05) is 0 Å². The highest BCUT2D eigenvalue weighted by molar-refractivity contribution is 6.33. The van der Waals surface area contributed by atoms with Crippen LogP contribution in [0.2, 0.25) is 5.02 Å². The van der Waals surface area contributed by atoms with Gasteiger partial charge in [-0.1, -0.05) is 18.5 Å². The highest BCUT2D eigenvalue weighted by Gasteiger charge is 2.21. The molecule has 6 heteroatoms. The van der Waals surface area contributed by atoms with Crippen molar-refractivity contribution in [1.29, 1.82) is 0 Å². The predicted octanol–water partition coefficient (Wildman–Crippen LogP) is 1.94. The average Bonchev–Trinajstić information content (AvgIpc) is 2.28. The van der Waals surface area contributed by atoms with Gasteiger partial charge in [0.25, 0.3) is 0 Å². The van der Waals surface area contributed by atoms with Crippen LogP contribution in [-0.4, -0.2) is 23.1 Å². The van der Waals surface area contributed by atoms with E-state index in [1.165, 1.54) is 18.2 Å². The Labute approximate surface area is 103 Å². The average molecular weight is 258 g/mol. The third-order valence-electron chi connectivity index (χ3n) is 2.13. The van der Waals surface area contributed by atoms with Gasteiger partial charge >= 0.3 is 11.9 Å². The molecule has 0 aliphatic carbocycles. The third-order valence-corrected chi connectivity index (χ3v) is 2.47. The summed E-state index contributed by atoms with van der Waals surface area (Å²) in [7, 11) is 0. The summed E-state index contributed by atoms with van der Waals surface area (Å²) in [5.74, 6) is -1.91. The summed E-state index contributed by atoms with van der Waals surface area (Å²) in [6.45, 7) is 1.61. The fourth-order valence-electron chi connectivity index (χ4n) is 1.18. The van der Waals surface area contributed by atoms with E-state index in [0.717, 1.165) is 0 Å². The molecule has 0 saturated heterocycles. The number of nitrogen functional groups attached to an aromatic ring is 1. The molecule has 0 aliphatic rings. The second-order valence-electron chi connectivity index (χ2n) is 3.38. The van der Waals surface area contributed by atoms with Crippen LogP contribution in [0.15, 0.2) is 18.2 Å². The lowest BCUT2D eigenvalue weighted by Crippen LogP contribution is -2.26. The first-order valence-corrected chi connectivity index (χ1v) is 5.32. The second-order valence-corrected chi connectivity index (χ2v) is 3.78. The highest BCUT2D eigenvalue weighted by atomic mass is 35.5. The first-order chi connectivity index (χ1) is 7.95. The minimum absolute atomic E-state index is 0.173. The molecule has 17 heavy (non-hydrogen) atoms. The molecule has 1 atom stereocenters. The van der Waals surface area contributed by atoms with Crippen molar-refractivity contribution in [3.8, 4) is 0 Å². The number of halogens is 1. The van der Waals surface area contributed by atoms with Crippen LogP contribution in [0.5, 0.6) is 0 Å². The number of carbonyl (C=O) groups excluding carboxylic acids is 1. The van der Waals surface area contributed by atoms with E-state index in [4.69, 9.17) is 27.2 Å². The number of esters is 1. The zero-order chi connectivity index (χ0) is 13.0. The van der Waals surface area contributed by atoms with E-state index < -0.39 is 18.0 Å². The third kappa shape index (κ3) is 3.35. The lowest BCUT2D eigenvalue weighted by molar-refractivity contribution is -0.147. The van der Waals surface area contributed by atoms with E-state index >= 15 is 0 Å². The Kier molecular flexibility index (Phi) is 4.34. The van der Waals surface area contributed by atoms with Crippen molar-refractivity contribution in [3.63, 3.8) is 0 Å². The number of ether oxygens (including phenoxy) is 1. The molecule has 0 radical (unpaired) electrons. The Morgan fingerprint density at radius 2 is 2.18 bits per heavy atom. The Bertz CT molecular complexity index is 447. The molecule has 0 aromatic heterocycles. The van der Waals surface area contributed by atoms with Gasteiger partial charge in [0.05, 0.1) is 16.3 Å². The number of hydrogen-bond acceptors (Lipinski definition) is 4. The molecule has 0 saturated carbocycles. The van der Waals surface area contributed by atoms with E-state index in [0.29, 0.717) is 5.02 Å². The van der Waals surface area contributed by atoms with Gasteiger partial charge in [0.1, 0.15) is 0 Å². The maximum atomic E-state index is 11.6. The molecule has 1 aromatic carbocycles. The summed E-state index contributed by atoms with van der Waals surface area (Å²) < 4.78 is 4.80. The van der Waals surface area contributed by atoms with E-state index in [2.05, 4.69) is 0 Å². The molecule has 1 unspecified atom stereocenters. The number of benzene rings is 1. The van der Waals surface area contributed by atoms with Gasteiger partial charge in [-0.2, -0.15) is 0 Å². The number of nitrogens with two attached hydrogens (primary N) is 1. The van der Waals surface area contributed by atoms with Gasteiger partial charge in [0.2, 0.25) is 0 Å². The van der Waals surface area contributed by atoms with Gasteiger partial charge in [0, 0.05) is 0 Å². The van der Waals surface area contributed by atoms with E-state index in [-0.39, 0.29) is 17.7 Å². The molecule has 0 fully saturated rings. The molecular weight excluding hydrogens is 246 g/mol. The highest BCUT2D eigenvalue weighted by Crippen LogP contribution is 2.20. The number of carboxylic acids is 1. The lowest BCUT2D eigenvalue weighted by atomic mass is 10.2. The molecule has 5 nitrogen and oxygen atoms in total. The zero-order valence-corrected chi connectivity index (χ0v) is 9.90. The van der Waals surface area contributed by atoms with Gasteiger partial charge < -0.3 is 15.6 Å². The maximum Gasteiger partial charge on any atom is 0.345 e. The van der Waals surface area contributed by atoms with E-state index in [9.17, 15) is 9.59 Å². The van der Waals surface area contributed by atoms with Gasteiger partial charge in [-0.25, -0.2) is 9.59 Å². The molecule has 0 spiro atoms. The van der Waals surface area contributed by atoms with Crippen LogP contribution < -0.4 is 5.73 Å². The Morgan fingerprint density at radius 3 is 2.65 bits per heavy atom. The van der Waals surface area contributed by atoms with Crippen molar-refractivity contribution in [1.82, 2.24) is 0 Å². The summed E-state index contributed by atoms with van der Waals surface area (Å²) in [5.41, 5.74) is 5.94. The van der Waals surface area contributed by atoms with Crippen molar-refractivity contribution in [3.05, 3.63) is 28.8 Å². The van der Waals surface area contributed by atoms with Gasteiger partial charge in [0.15, 0.2) is 6.10 Å². The fourth-order valence-corrected chi connectivity index (χ4v) is 1.29. The largest absolute Gasteiger partial charge is 0.479 e. The van der Waals surface area contributed by atoms with Gasteiger partial charge in [-0.15, -0.1) is 0 Å². The summed E-state index contributed by atoms with van der Waals surface area (Å²) >= 11 is 5.70. The monoisotopic (exact) mass is 257 g/mol. The molecule has 1 rings (SSSR count). The van der Waals surface area contributed by atoms with Crippen LogP contribution in [0.25, 0.3) is 0 Å². The van der Waals surface area contributed by atoms with Crippen LogP contribution in [0.4, 0.5) is 5.69 Å². The summed E-state index contributed by atoms with van der Waals surface area (Å²) in [5, 5.41) is 9.07. The molecule has 0 heterocycles. The fraction of sp³-hybridized carbons (Fsp3) is 0.273. The van der Waals surface area contributed by atoms with Crippen molar-refractivity contribution in [2.45, 2.75) is 19.4 Å². The maximum absolute atomic E-state index is 11.6. The van der Waals surface area contributed by atoms with Crippen molar-refractivity contribution in [2.24, 2.45) is 0 Å². The van der Waals surface area contributed by atoms with Crippen molar-refractivity contribution < 1.29 is 19.4 Å². The number of hydrogen-bond donors (Lipinski definition) is 2. The summed E-state index contributed by atoms with van der Waals surface area (Å²) in [4.78, 5) is 22.3. The number of carbonyl (C=O) groups is 2. The predicted molar refractivity (Wildman–Crippen MR) is 63.0 cm³/mol. The second kappa shape index (κ2) is 5.54. The SMILES string of the molecule is CCC(OC(=O)c1ccc(Cl)c(N)c1)C(=O)O. The molecule has 0 amide bonds. The van der Waals surface area contributed by atoms with Crippen molar-refractivity contribution >= 4 is 29.2 Å². The number of rotatable bonds is 4. The smallest absolute Gasteiger partial charge is 0.345 e. The quantitative estimate of drug-likeness (QED) is 0.635. The van der Waals surface area contributed by atoms with Crippen LogP contribution in [0, 0.1) is 0 Å². The topological polar surface area (TPSA) is 89.6 Å². The Morgan fingerprint density at radius 1 is 1.53 bits per heavy atom. The standard InChI is InChI=1S/C11H12ClNO4/c1-2-9(10(14)15)17-11(16)6-3-4-7(12)8(13)5-6/h3-5,9H,2,13H2,1H3,(H,14,15). The zero-order valence-electron chi connectivity index (χ0n) is 9.14. The molecule has 0 aliphatic heterocycles. The number of anilines is 1. The first-order valence-electron chi connectivity index (χ1n) is 4.94. The van der Waals surface area contributed by atoms with Crippen LogP contribution >= 0.6 is 11.6 Å². The molecule has 3 N–H and O–H groups in total. The first kappa shape index (κ1) is 13.3. The normalized spacial score (nSPS) is 11.9. The number of aliphatic carboxylic acids is 1. The Hall–Kier alpha value is -1.75. The molecular formula is C11H12ClNO4. The van der Waals surface area contributed by atoms with Gasteiger partial charge in [-0.05, 0) is 24.6 Å². The minimum atomic E-state index is -1.18. The van der Waals surface area contributed by atoms with Crippen molar-refractivity contribution in [2.75, 3.05) is 5.73 Å². The summed E-state index contributed by atoms with van der Waals surface area (Å²) in [6, 6.07) is 4.23. The van der Waals surface area contributed by atoms with Crippen LogP contribution in [0.3, 0.4) is 0 Å². The van der Waals surface area contributed by atoms with E-state index in [1.54, 1.807) is 6.92 Å². The Balaban J connectivity index is 2.82. The minimum Gasteiger partial charge on any atom is -0.479 e. The molecule has 92 valence electrons. The molecule has 1 aromatic rings. The van der Waals surface area contributed by atoms with Crippen LogP contribution in [0.1, 0.15) is 23.7 Å². The number of carboxylic acid groups (broad SMARTS) is 1. The molecule has 0 bridgehead atoms.